The molecular weight excluding hydrogens is 236 g/mol. The van der Waals surface area contributed by atoms with E-state index in [-0.39, 0.29) is 36.1 Å². The standard InChI is InChI=1S/C12H16N2O4/c1-2-8(3-11(16)17)5-14-12(18)9-4-10(15)7-13-6-9/h4,6-8,15H,2-3,5H2,1H3,(H,14,18)(H,16,17). The Kier molecular flexibility index (Phi) is 5.10. The average Bonchev–Trinajstić information content (AvgIpc) is 2.33. The number of rotatable bonds is 6. The third-order valence-corrected chi connectivity index (χ3v) is 2.58. The Bertz CT molecular complexity index is 434. The van der Waals surface area contributed by atoms with Crippen molar-refractivity contribution >= 4 is 11.9 Å². The van der Waals surface area contributed by atoms with Gasteiger partial charge in [0, 0.05) is 19.2 Å². The van der Waals surface area contributed by atoms with Gasteiger partial charge in [-0.25, -0.2) is 0 Å². The number of carboxylic acids is 1. The van der Waals surface area contributed by atoms with Crippen molar-refractivity contribution in [2.75, 3.05) is 6.54 Å². The van der Waals surface area contributed by atoms with Gasteiger partial charge in [0.15, 0.2) is 0 Å². The second-order valence-corrected chi connectivity index (χ2v) is 4.01. The minimum atomic E-state index is -0.880. The molecule has 6 heteroatoms. The van der Waals surface area contributed by atoms with Gasteiger partial charge in [0.05, 0.1) is 11.8 Å². The number of carboxylic acid groups (broad SMARTS) is 1. The molecule has 1 atom stereocenters. The maximum absolute atomic E-state index is 11.7. The van der Waals surface area contributed by atoms with Crippen LogP contribution in [0.5, 0.6) is 5.75 Å². The Hall–Kier alpha value is -2.11. The zero-order chi connectivity index (χ0) is 13.5. The first kappa shape index (κ1) is 14.0. The molecule has 1 unspecified atom stereocenters. The van der Waals surface area contributed by atoms with Gasteiger partial charge in [-0.3, -0.25) is 14.6 Å². The molecule has 1 amide bonds. The molecule has 0 saturated carbocycles. The number of carbonyl (C=O) groups is 2. The third-order valence-electron chi connectivity index (χ3n) is 2.58. The molecule has 0 aromatic carbocycles. The number of nitrogens with zero attached hydrogens (tertiary/aromatic N) is 1. The first-order chi connectivity index (χ1) is 8.52. The van der Waals surface area contributed by atoms with Crippen molar-refractivity contribution < 1.29 is 19.8 Å². The largest absolute Gasteiger partial charge is 0.506 e. The maximum Gasteiger partial charge on any atom is 0.303 e. The molecule has 1 aromatic heterocycles. The summed E-state index contributed by atoms with van der Waals surface area (Å²) < 4.78 is 0. The molecule has 98 valence electrons. The van der Waals surface area contributed by atoms with Crippen LogP contribution in [0.4, 0.5) is 0 Å². The summed E-state index contributed by atoms with van der Waals surface area (Å²) in [5.74, 6) is -1.44. The number of nitrogens with one attached hydrogen (secondary N) is 1. The van der Waals surface area contributed by atoms with Crippen LogP contribution in [0, 0.1) is 5.92 Å². The van der Waals surface area contributed by atoms with Crippen molar-refractivity contribution in [1.29, 1.82) is 0 Å². The second kappa shape index (κ2) is 6.58. The minimum absolute atomic E-state index is 0.0229. The summed E-state index contributed by atoms with van der Waals surface area (Å²) in [6, 6.07) is 1.31. The Labute approximate surface area is 105 Å². The van der Waals surface area contributed by atoms with E-state index in [0.717, 1.165) is 0 Å². The number of carbonyl (C=O) groups excluding carboxylic acids is 1. The summed E-state index contributed by atoms with van der Waals surface area (Å²) in [4.78, 5) is 26.0. The highest BCUT2D eigenvalue weighted by molar-refractivity contribution is 5.94. The highest BCUT2D eigenvalue weighted by Crippen LogP contribution is 2.10. The van der Waals surface area contributed by atoms with Crippen molar-refractivity contribution in [3.63, 3.8) is 0 Å². The van der Waals surface area contributed by atoms with Crippen molar-refractivity contribution in [2.24, 2.45) is 5.92 Å². The number of aromatic hydroxyl groups is 1. The van der Waals surface area contributed by atoms with E-state index in [4.69, 9.17) is 5.11 Å². The zero-order valence-corrected chi connectivity index (χ0v) is 10.1. The van der Waals surface area contributed by atoms with Gasteiger partial charge in [0.1, 0.15) is 5.75 Å². The van der Waals surface area contributed by atoms with E-state index in [1.807, 2.05) is 6.92 Å². The van der Waals surface area contributed by atoms with E-state index < -0.39 is 5.97 Å². The molecule has 0 bridgehead atoms. The van der Waals surface area contributed by atoms with Crippen LogP contribution in [0.3, 0.4) is 0 Å². The van der Waals surface area contributed by atoms with E-state index in [9.17, 15) is 14.7 Å². The lowest BCUT2D eigenvalue weighted by molar-refractivity contribution is -0.138. The van der Waals surface area contributed by atoms with Gasteiger partial charge < -0.3 is 15.5 Å². The number of aliphatic carboxylic acids is 1. The predicted octanol–water partition coefficient (Wildman–Crippen LogP) is 1.02. The van der Waals surface area contributed by atoms with E-state index in [1.165, 1.54) is 18.5 Å². The molecule has 1 rings (SSSR count). The number of aromatic nitrogens is 1. The molecule has 0 aliphatic carbocycles. The van der Waals surface area contributed by atoms with E-state index in [1.54, 1.807) is 0 Å². The van der Waals surface area contributed by atoms with E-state index >= 15 is 0 Å². The molecule has 0 fully saturated rings. The summed E-state index contributed by atoms with van der Waals surface area (Å²) >= 11 is 0. The fourth-order valence-electron chi connectivity index (χ4n) is 1.50. The molecule has 1 aromatic rings. The number of hydrogen-bond donors (Lipinski definition) is 3. The van der Waals surface area contributed by atoms with Crippen molar-refractivity contribution in [3.05, 3.63) is 24.0 Å². The first-order valence-corrected chi connectivity index (χ1v) is 5.67. The van der Waals surface area contributed by atoms with Gasteiger partial charge in [0.2, 0.25) is 0 Å². The molecule has 0 aliphatic heterocycles. The summed E-state index contributed by atoms with van der Waals surface area (Å²) in [5.41, 5.74) is 0.250. The van der Waals surface area contributed by atoms with Crippen LogP contribution in [-0.2, 0) is 4.79 Å². The maximum atomic E-state index is 11.7. The summed E-state index contributed by atoms with van der Waals surface area (Å²) in [6.07, 6.45) is 3.27. The molecule has 18 heavy (non-hydrogen) atoms. The molecule has 0 radical (unpaired) electrons. The summed E-state index contributed by atoms with van der Waals surface area (Å²) in [6.45, 7) is 2.16. The quantitative estimate of drug-likeness (QED) is 0.701. The number of pyridine rings is 1. The van der Waals surface area contributed by atoms with Gasteiger partial charge in [-0.1, -0.05) is 13.3 Å². The monoisotopic (exact) mass is 252 g/mol. The fourth-order valence-corrected chi connectivity index (χ4v) is 1.50. The normalized spacial score (nSPS) is 11.8. The molecule has 1 heterocycles. The SMILES string of the molecule is CCC(CNC(=O)c1cncc(O)c1)CC(=O)O. The molecule has 0 aliphatic rings. The minimum Gasteiger partial charge on any atom is -0.506 e. The van der Waals surface area contributed by atoms with Crippen LogP contribution in [-0.4, -0.2) is 33.6 Å². The lowest BCUT2D eigenvalue weighted by Crippen LogP contribution is -2.30. The Morgan fingerprint density at radius 1 is 1.44 bits per heavy atom. The molecular formula is C12H16N2O4. The highest BCUT2D eigenvalue weighted by Gasteiger charge is 2.13. The topological polar surface area (TPSA) is 99.5 Å². The van der Waals surface area contributed by atoms with Crippen LogP contribution in [0.15, 0.2) is 18.5 Å². The van der Waals surface area contributed by atoms with Crippen LogP contribution in [0.25, 0.3) is 0 Å². The lowest BCUT2D eigenvalue weighted by atomic mass is 10.0. The van der Waals surface area contributed by atoms with Crippen molar-refractivity contribution in [3.8, 4) is 5.75 Å². The number of amides is 1. The Balaban J connectivity index is 2.52. The molecule has 3 N–H and O–H groups in total. The van der Waals surface area contributed by atoms with Gasteiger partial charge in [0.25, 0.3) is 5.91 Å². The summed E-state index contributed by atoms with van der Waals surface area (Å²) in [5, 5.41) is 20.5. The Morgan fingerprint density at radius 2 is 2.17 bits per heavy atom. The van der Waals surface area contributed by atoms with E-state index in [0.29, 0.717) is 6.42 Å². The van der Waals surface area contributed by atoms with E-state index in [2.05, 4.69) is 10.3 Å². The van der Waals surface area contributed by atoms with Gasteiger partial charge in [-0.15, -0.1) is 0 Å². The summed E-state index contributed by atoms with van der Waals surface area (Å²) in [7, 11) is 0. The third kappa shape index (κ3) is 4.40. The van der Waals surface area contributed by atoms with Gasteiger partial charge in [-0.05, 0) is 12.0 Å². The van der Waals surface area contributed by atoms with Crippen LogP contribution < -0.4 is 5.32 Å². The Morgan fingerprint density at radius 3 is 2.72 bits per heavy atom. The van der Waals surface area contributed by atoms with Gasteiger partial charge in [-0.2, -0.15) is 0 Å². The van der Waals surface area contributed by atoms with Crippen LogP contribution in [0.2, 0.25) is 0 Å². The molecule has 6 nitrogen and oxygen atoms in total. The molecule has 0 saturated heterocycles. The van der Waals surface area contributed by atoms with Crippen molar-refractivity contribution in [1.82, 2.24) is 10.3 Å². The lowest BCUT2D eigenvalue weighted by Gasteiger charge is -2.13. The first-order valence-electron chi connectivity index (χ1n) is 5.67. The molecule has 0 spiro atoms. The predicted molar refractivity (Wildman–Crippen MR) is 64.3 cm³/mol. The average molecular weight is 252 g/mol. The van der Waals surface area contributed by atoms with Crippen LogP contribution in [0.1, 0.15) is 30.1 Å². The second-order valence-electron chi connectivity index (χ2n) is 4.01. The smallest absolute Gasteiger partial charge is 0.303 e. The highest BCUT2D eigenvalue weighted by atomic mass is 16.4. The zero-order valence-electron chi connectivity index (χ0n) is 10.1. The fraction of sp³-hybridized carbons (Fsp3) is 0.417. The van der Waals surface area contributed by atoms with Crippen LogP contribution >= 0.6 is 0 Å². The van der Waals surface area contributed by atoms with Crippen molar-refractivity contribution in [2.45, 2.75) is 19.8 Å². The van der Waals surface area contributed by atoms with Gasteiger partial charge >= 0.3 is 5.97 Å². The number of hydrogen-bond acceptors (Lipinski definition) is 4.